The van der Waals surface area contributed by atoms with E-state index in [1.807, 2.05) is 42.2 Å². The Morgan fingerprint density at radius 3 is 2.05 bits per heavy atom. The number of hydrogen-bond acceptors (Lipinski definition) is 6. The summed E-state index contributed by atoms with van der Waals surface area (Å²) in [5.41, 5.74) is 1.98. The van der Waals surface area contributed by atoms with Crippen LogP contribution in [0.3, 0.4) is 0 Å². The lowest BCUT2D eigenvalue weighted by Gasteiger charge is -2.44. The minimum absolute atomic E-state index is 0.00475. The van der Waals surface area contributed by atoms with Crippen LogP contribution < -0.4 is 14.2 Å². The molecule has 3 amide bonds. The highest BCUT2D eigenvalue weighted by Crippen LogP contribution is 2.48. The molecule has 0 spiro atoms. The van der Waals surface area contributed by atoms with Crippen LogP contribution in [-0.2, 0) is 9.59 Å². The highest BCUT2D eigenvalue weighted by molar-refractivity contribution is 6.01. The first-order valence-corrected chi connectivity index (χ1v) is 12.6. The van der Waals surface area contributed by atoms with E-state index in [-0.39, 0.29) is 17.7 Å². The molecule has 4 rings (SSSR count). The number of amides is 3. The zero-order chi connectivity index (χ0) is 26.7. The maximum Gasteiger partial charge on any atom is 0.254 e. The van der Waals surface area contributed by atoms with E-state index in [4.69, 9.17) is 14.2 Å². The SMILES string of the molecule is CCCN1C(=O)c2ccccc2[C@H](C(=O)N2CCN(C(C)=O)CC2)[C@@H]1c1cc(OC)c(OC)c(OC)c1. The van der Waals surface area contributed by atoms with Crippen molar-refractivity contribution in [3.05, 3.63) is 53.1 Å². The first-order valence-electron chi connectivity index (χ1n) is 12.6. The molecular formula is C28H35N3O6. The number of nitrogens with zero attached hydrogens (tertiary/aromatic N) is 3. The molecule has 37 heavy (non-hydrogen) atoms. The van der Waals surface area contributed by atoms with Crippen LogP contribution in [0.2, 0.25) is 0 Å². The molecule has 0 unspecified atom stereocenters. The van der Waals surface area contributed by atoms with Crippen molar-refractivity contribution in [3.8, 4) is 17.2 Å². The normalized spacial score (nSPS) is 19.4. The first-order chi connectivity index (χ1) is 17.9. The second-order valence-electron chi connectivity index (χ2n) is 9.30. The molecular weight excluding hydrogens is 474 g/mol. The molecule has 2 aliphatic heterocycles. The molecule has 198 valence electrons. The summed E-state index contributed by atoms with van der Waals surface area (Å²) in [7, 11) is 4.63. The molecule has 1 saturated heterocycles. The Morgan fingerprint density at radius 1 is 0.919 bits per heavy atom. The smallest absolute Gasteiger partial charge is 0.254 e. The predicted molar refractivity (Wildman–Crippen MR) is 138 cm³/mol. The zero-order valence-corrected chi connectivity index (χ0v) is 22.2. The van der Waals surface area contributed by atoms with Crippen LogP contribution in [0.15, 0.2) is 36.4 Å². The van der Waals surface area contributed by atoms with Crippen LogP contribution in [-0.4, -0.2) is 86.5 Å². The van der Waals surface area contributed by atoms with Gasteiger partial charge in [-0.15, -0.1) is 0 Å². The van der Waals surface area contributed by atoms with Crippen molar-refractivity contribution in [1.29, 1.82) is 0 Å². The van der Waals surface area contributed by atoms with Gasteiger partial charge in [0.25, 0.3) is 5.91 Å². The second kappa shape index (κ2) is 11.1. The Morgan fingerprint density at radius 2 is 1.51 bits per heavy atom. The van der Waals surface area contributed by atoms with Gasteiger partial charge in [-0.3, -0.25) is 14.4 Å². The summed E-state index contributed by atoms with van der Waals surface area (Å²) >= 11 is 0. The lowest BCUT2D eigenvalue weighted by atomic mass is 9.78. The van der Waals surface area contributed by atoms with Gasteiger partial charge in [0.1, 0.15) is 0 Å². The molecule has 0 aliphatic carbocycles. The maximum absolute atomic E-state index is 14.3. The monoisotopic (exact) mass is 509 g/mol. The van der Waals surface area contributed by atoms with Crippen molar-refractivity contribution < 1.29 is 28.6 Å². The van der Waals surface area contributed by atoms with Crippen molar-refractivity contribution in [2.24, 2.45) is 0 Å². The predicted octanol–water partition coefficient (Wildman–Crippen LogP) is 3.09. The van der Waals surface area contributed by atoms with Gasteiger partial charge in [0.05, 0.1) is 33.3 Å². The highest BCUT2D eigenvalue weighted by atomic mass is 16.5. The lowest BCUT2D eigenvalue weighted by molar-refractivity contribution is -0.140. The van der Waals surface area contributed by atoms with E-state index in [1.54, 1.807) is 37.0 Å². The molecule has 1 fully saturated rings. The summed E-state index contributed by atoms with van der Waals surface area (Å²) < 4.78 is 16.7. The third-order valence-electron chi connectivity index (χ3n) is 7.23. The molecule has 0 radical (unpaired) electrons. The van der Waals surface area contributed by atoms with Gasteiger partial charge in [-0.1, -0.05) is 25.1 Å². The first kappa shape index (κ1) is 26.3. The summed E-state index contributed by atoms with van der Waals surface area (Å²) in [4.78, 5) is 45.2. The number of piperazine rings is 1. The topological polar surface area (TPSA) is 88.6 Å². The van der Waals surface area contributed by atoms with Gasteiger partial charge in [-0.05, 0) is 35.7 Å². The molecule has 2 atom stereocenters. The fraction of sp³-hybridized carbons (Fsp3) is 0.464. The molecule has 0 bridgehead atoms. The number of methoxy groups -OCH3 is 3. The molecule has 9 nitrogen and oxygen atoms in total. The fourth-order valence-electron chi connectivity index (χ4n) is 5.43. The molecule has 9 heteroatoms. The van der Waals surface area contributed by atoms with Crippen molar-refractivity contribution in [3.63, 3.8) is 0 Å². The minimum atomic E-state index is -0.632. The number of fused-ring (bicyclic) bond motifs is 1. The summed E-state index contributed by atoms with van der Waals surface area (Å²) in [6.45, 7) is 5.91. The Bertz CT molecular complexity index is 1150. The van der Waals surface area contributed by atoms with E-state index >= 15 is 0 Å². The summed E-state index contributed by atoms with van der Waals surface area (Å²) in [5.74, 6) is 0.560. The van der Waals surface area contributed by atoms with Crippen LogP contribution in [0.1, 0.15) is 53.7 Å². The number of benzene rings is 2. The van der Waals surface area contributed by atoms with Gasteiger partial charge in [-0.2, -0.15) is 0 Å². The fourth-order valence-corrected chi connectivity index (χ4v) is 5.43. The Hall–Kier alpha value is -3.75. The number of ether oxygens (including phenoxy) is 3. The molecule has 0 N–H and O–H groups in total. The zero-order valence-electron chi connectivity index (χ0n) is 22.2. The standard InChI is InChI=1S/C28H35N3O6/c1-6-11-31-25(19-16-22(35-3)26(37-5)23(17-19)36-4)24(20-9-7-8-10-21(20)27(31)33)28(34)30-14-12-29(13-15-30)18(2)32/h7-10,16-17,24-25H,6,11-15H2,1-5H3/t24-,25-/m0/s1. The third kappa shape index (κ3) is 4.82. The molecule has 0 aromatic heterocycles. The van der Waals surface area contributed by atoms with Crippen LogP contribution in [0.4, 0.5) is 0 Å². The van der Waals surface area contributed by atoms with Crippen LogP contribution in [0, 0.1) is 0 Å². The summed E-state index contributed by atoms with van der Waals surface area (Å²) in [6.07, 6.45) is 0.729. The lowest BCUT2D eigenvalue weighted by Crippen LogP contribution is -2.54. The minimum Gasteiger partial charge on any atom is -0.493 e. The van der Waals surface area contributed by atoms with Gasteiger partial charge in [0, 0.05) is 45.2 Å². The quantitative estimate of drug-likeness (QED) is 0.570. The highest BCUT2D eigenvalue weighted by Gasteiger charge is 2.46. The largest absolute Gasteiger partial charge is 0.493 e. The Labute approximate surface area is 217 Å². The van der Waals surface area contributed by atoms with E-state index in [0.29, 0.717) is 61.1 Å². The molecule has 2 aliphatic rings. The molecule has 2 aromatic carbocycles. The van der Waals surface area contributed by atoms with Crippen molar-refractivity contribution >= 4 is 17.7 Å². The number of carbonyl (C=O) groups excluding carboxylic acids is 3. The molecule has 2 heterocycles. The average Bonchev–Trinajstić information content (AvgIpc) is 2.93. The molecule has 2 aromatic rings. The van der Waals surface area contributed by atoms with Crippen LogP contribution >= 0.6 is 0 Å². The third-order valence-corrected chi connectivity index (χ3v) is 7.23. The van der Waals surface area contributed by atoms with Crippen molar-refractivity contribution in [1.82, 2.24) is 14.7 Å². The van der Waals surface area contributed by atoms with Gasteiger partial charge in [0.15, 0.2) is 11.5 Å². The van der Waals surface area contributed by atoms with E-state index in [0.717, 1.165) is 12.0 Å². The van der Waals surface area contributed by atoms with Crippen LogP contribution in [0.25, 0.3) is 0 Å². The van der Waals surface area contributed by atoms with E-state index < -0.39 is 12.0 Å². The average molecular weight is 510 g/mol. The Balaban J connectivity index is 1.86. The van der Waals surface area contributed by atoms with Crippen molar-refractivity contribution in [2.75, 3.05) is 54.1 Å². The number of hydrogen-bond donors (Lipinski definition) is 0. The van der Waals surface area contributed by atoms with Gasteiger partial charge >= 0.3 is 0 Å². The van der Waals surface area contributed by atoms with E-state index in [1.165, 1.54) is 7.11 Å². The maximum atomic E-state index is 14.3. The van der Waals surface area contributed by atoms with Gasteiger partial charge < -0.3 is 28.9 Å². The van der Waals surface area contributed by atoms with Gasteiger partial charge in [-0.25, -0.2) is 0 Å². The van der Waals surface area contributed by atoms with Gasteiger partial charge in [0.2, 0.25) is 17.6 Å². The molecule has 0 saturated carbocycles. The second-order valence-corrected chi connectivity index (χ2v) is 9.30. The Kier molecular flexibility index (Phi) is 7.90. The summed E-state index contributed by atoms with van der Waals surface area (Å²) in [6, 6.07) is 10.4. The van der Waals surface area contributed by atoms with Crippen LogP contribution in [0.5, 0.6) is 17.2 Å². The van der Waals surface area contributed by atoms with E-state index in [2.05, 4.69) is 0 Å². The number of carbonyl (C=O) groups is 3. The number of rotatable bonds is 7. The van der Waals surface area contributed by atoms with E-state index in [9.17, 15) is 14.4 Å². The summed E-state index contributed by atoms with van der Waals surface area (Å²) in [5, 5.41) is 0. The van der Waals surface area contributed by atoms with Crippen molar-refractivity contribution in [2.45, 2.75) is 32.2 Å².